The number of hydrogen-bond acceptors (Lipinski definition) is 4. The topological polar surface area (TPSA) is 63.6 Å². The molecule has 1 N–H and O–H groups in total. The third kappa shape index (κ3) is 4.33. The van der Waals surface area contributed by atoms with Crippen molar-refractivity contribution >= 4 is 31.8 Å². The van der Waals surface area contributed by atoms with Crippen LogP contribution in [0, 0.1) is 5.92 Å². The lowest BCUT2D eigenvalue weighted by atomic mass is 9.91. The van der Waals surface area contributed by atoms with E-state index in [0.717, 1.165) is 40.4 Å². The van der Waals surface area contributed by atoms with Crippen molar-refractivity contribution in [1.29, 1.82) is 0 Å². The van der Waals surface area contributed by atoms with E-state index in [9.17, 15) is 13.5 Å². The monoisotopic (exact) mass is 454 g/mol. The summed E-state index contributed by atoms with van der Waals surface area (Å²) in [5.41, 5.74) is 4.07. The number of rotatable bonds is 6. The number of phenolic OH excluding ortho intramolecular Hbond substituents is 1. The number of fused-ring (bicyclic) bond motifs is 1. The zero-order chi connectivity index (χ0) is 19.8. The van der Waals surface area contributed by atoms with E-state index in [0.29, 0.717) is 0 Å². The SMILES string of the molecule is CC/C(=C\c1cc(Br)ccc1O)CC[C@H]1OC[C@H]2C1=C(C(C)C)CS2(=O)=O. The van der Waals surface area contributed by atoms with Crippen molar-refractivity contribution in [2.75, 3.05) is 12.4 Å². The largest absolute Gasteiger partial charge is 0.507 e. The molecule has 0 spiro atoms. The number of benzene rings is 1. The van der Waals surface area contributed by atoms with E-state index < -0.39 is 15.1 Å². The molecule has 0 aliphatic carbocycles. The summed E-state index contributed by atoms with van der Waals surface area (Å²) in [7, 11) is -3.11. The van der Waals surface area contributed by atoms with Crippen LogP contribution < -0.4 is 0 Å². The highest BCUT2D eigenvalue weighted by atomic mass is 79.9. The zero-order valence-electron chi connectivity index (χ0n) is 16.0. The second-order valence-electron chi connectivity index (χ2n) is 7.65. The van der Waals surface area contributed by atoms with E-state index in [2.05, 4.69) is 36.7 Å². The molecule has 27 heavy (non-hydrogen) atoms. The molecule has 2 aliphatic rings. The van der Waals surface area contributed by atoms with Crippen molar-refractivity contribution in [3.63, 3.8) is 0 Å². The fraction of sp³-hybridized carbons (Fsp3) is 0.524. The maximum Gasteiger partial charge on any atom is 0.163 e. The molecule has 0 bridgehead atoms. The highest BCUT2D eigenvalue weighted by Crippen LogP contribution is 2.41. The van der Waals surface area contributed by atoms with Crippen LogP contribution in [0.2, 0.25) is 0 Å². The zero-order valence-corrected chi connectivity index (χ0v) is 18.4. The number of halogens is 1. The molecule has 2 heterocycles. The molecule has 0 unspecified atom stereocenters. The van der Waals surface area contributed by atoms with Crippen molar-refractivity contribution in [3.05, 3.63) is 45.0 Å². The van der Waals surface area contributed by atoms with Crippen LogP contribution in [0.1, 0.15) is 45.6 Å². The molecule has 0 amide bonds. The van der Waals surface area contributed by atoms with Gasteiger partial charge in [-0.1, -0.05) is 48.4 Å². The predicted molar refractivity (Wildman–Crippen MR) is 112 cm³/mol. The Morgan fingerprint density at radius 3 is 2.81 bits per heavy atom. The van der Waals surface area contributed by atoms with E-state index in [1.54, 1.807) is 6.07 Å². The Bertz CT molecular complexity index is 883. The first-order chi connectivity index (χ1) is 12.7. The van der Waals surface area contributed by atoms with Crippen molar-refractivity contribution < 1.29 is 18.3 Å². The fourth-order valence-electron chi connectivity index (χ4n) is 3.97. The molecule has 3 rings (SSSR count). The predicted octanol–water partition coefficient (Wildman–Crippen LogP) is 4.88. The third-order valence-electron chi connectivity index (χ3n) is 5.53. The van der Waals surface area contributed by atoms with Gasteiger partial charge in [0.15, 0.2) is 9.84 Å². The fourth-order valence-corrected chi connectivity index (χ4v) is 6.46. The number of phenols is 1. The molecule has 1 fully saturated rings. The molecule has 0 saturated carbocycles. The number of hydrogen-bond donors (Lipinski definition) is 1. The second kappa shape index (κ2) is 8.10. The van der Waals surface area contributed by atoms with Gasteiger partial charge in [0.1, 0.15) is 11.0 Å². The third-order valence-corrected chi connectivity index (χ3v) is 8.00. The average Bonchev–Trinajstić information content (AvgIpc) is 3.14. The van der Waals surface area contributed by atoms with Crippen LogP contribution in [-0.2, 0) is 14.6 Å². The summed E-state index contributed by atoms with van der Waals surface area (Å²) in [5.74, 6) is 0.671. The molecule has 4 nitrogen and oxygen atoms in total. The van der Waals surface area contributed by atoms with Crippen LogP contribution in [0.15, 0.2) is 39.4 Å². The first-order valence-electron chi connectivity index (χ1n) is 9.47. The van der Waals surface area contributed by atoms with Crippen LogP contribution in [0.5, 0.6) is 5.75 Å². The number of aromatic hydroxyl groups is 1. The lowest BCUT2D eigenvalue weighted by molar-refractivity contribution is 0.117. The van der Waals surface area contributed by atoms with Gasteiger partial charge < -0.3 is 9.84 Å². The van der Waals surface area contributed by atoms with Crippen molar-refractivity contribution in [2.24, 2.45) is 5.92 Å². The van der Waals surface area contributed by atoms with E-state index in [1.165, 1.54) is 5.57 Å². The van der Waals surface area contributed by atoms with E-state index in [4.69, 9.17) is 4.74 Å². The lowest BCUT2D eigenvalue weighted by Crippen LogP contribution is -2.19. The normalized spacial score (nSPS) is 24.7. The molecule has 0 aromatic heterocycles. The smallest absolute Gasteiger partial charge is 0.163 e. The van der Waals surface area contributed by atoms with Gasteiger partial charge in [0.2, 0.25) is 0 Å². The van der Waals surface area contributed by atoms with Crippen molar-refractivity contribution in [2.45, 2.75) is 51.4 Å². The van der Waals surface area contributed by atoms with Crippen LogP contribution >= 0.6 is 15.9 Å². The molecule has 1 aromatic rings. The Morgan fingerprint density at radius 2 is 2.15 bits per heavy atom. The molecule has 2 aliphatic heterocycles. The summed E-state index contributed by atoms with van der Waals surface area (Å²) in [4.78, 5) is 0. The van der Waals surface area contributed by atoms with Gasteiger partial charge in [0.25, 0.3) is 0 Å². The second-order valence-corrected chi connectivity index (χ2v) is 10.8. The summed E-state index contributed by atoms with van der Waals surface area (Å²) in [6.07, 6.45) is 4.36. The number of ether oxygens (including phenoxy) is 1. The lowest BCUT2D eigenvalue weighted by Gasteiger charge is -2.16. The van der Waals surface area contributed by atoms with E-state index in [1.807, 2.05) is 18.2 Å². The van der Waals surface area contributed by atoms with Gasteiger partial charge in [-0.25, -0.2) is 8.42 Å². The van der Waals surface area contributed by atoms with Gasteiger partial charge in [-0.15, -0.1) is 0 Å². The van der Waals surface area contributed by atoms with Crippen LogP contribution in [0.3, 0.4) is 0 Å². The van der Waals surface area contributed by atoms with Crippen LogP contribution in [0.4, 0.5) is 0 Å². The standard InChI is InChI=1S/C21H27BrO4S/c1-4-14(9-15-10-16(22)6-7-18(15)23)5-8-19-21-17(13(2)3)12-27(24,25)20(21)11-26-19/h6-7,9-10,13,19-20,23H,4-5,8,11-12H2,1-3H3/b14-9+/t19-,20+/m1/s1. The Balaban J connectivity index is 1.78. The minimum atomic E-state index is -3.11. The molecule has 6 heteroatoms. The summed E-state index contributed by atoms with van der Waals surface area (Å²) >= 11 is 3.44. The quantitative estimate of drug-likeness (QED) is 0.622. The summed E-state index contributed by atoms with van der Waals surface area (Å²) in [6.45, 7) is 6.50. The summed E-state index contributed by atoms with van der Waals surface area (Å²) in [5, 5.41) is 9.63. The molecule has 0 radical (unpaired) electrons. The van der Waals surface area contributed by atoms with Crippen molar-refractivity contribution in [3.8, 4) is 5.75 Å². The molecule has 1 saturated heterocycles. The summed E-state index contributed by atoms with van der Waals surface area (Å²) < 4.78 is 31.7. The molecule has 148 valence electrons. The first kappa shape index (κ1) is 20.6. The Kier molecular flexibility index (Phi) is 6.18. The molecule has 2 atom stereocenters. The van der Waals surface area contributed by atoms with E-state index >= 15 is 0 Å². The number of sulfone groups is 1. The highest BCUT2D eigenvalue weighted by Gasteiger charge is 2.47. The minimum Gasteiger partial charge on any atom is -0.507 e. The van der Waals surface area contributed by atoms with Gasteiger partial charge in [0, 0.05) is 10.0 Å². The molecular weight excluding hydrogens is 428 g/mol. The van der Waals surface area contributed by atoms with Gasteiger partial charge in [-0.2, -0.15) is 0 Å². The van der Waals surface area contributed by atoms with E-state index in [-0.39, 0.29) is 30.1 Å². The van der Waals surface area contributed by atoms with Gasteiger partial charge in [0.05, 0.1) is 18.5 Å². The Labute approximate surface area is 170 Å². The van der Waals surface area contributed by atoms with Gasteiger partial charge in [-0.05, 0) is 54.5 Å². The van der Waals surface area contributed by atoms with Gasteiger partial charge >= 0.3 is 0 Å². The van der Waals surface area contributed by atoms with Crippen LogP contribution in [-0.4, -0.2) is 37.2 Å². The Morgan fingerprint density at radius 1 is 1.41 bits per heavy atom. The highest BCUT2D eigenvalue weighted by molar-refractivity contribution is 9.10. The average molecular weight is 455 g/mol. The summed E-state index contributed by atoms with van der Waals surface area (Å²) in [6, 6.07) is 5.39. The van der Waals surface area contributed by atoms with Crippen molar-refractivity contribution in [1.82, 2.24) is 0 Å². The maximum atomic E-state index is 12.4. The molecule has 1 aromatic carbocycles. The van der Waals surface area contributed by atoms with Gasteiger partial charge in [-0.3, -0.25) is 0 Å². The Hall–Kier alpha value is -1.11. The minimum absolute atomic E-state index is 0.115. The van der Waals surface area contributed by atoms with Crippen LogP contribution in [0.25, 0.3) is 6.08 Å². The number of allylic oxidation sites excluding steroid dienone is 1. The maximum absolute atomic E-state index is 12.4. The first-order valence-corrected chi connectivity index (χ1v) is 12.0. The molecular formula is C21H27BrO4S.